The van der Waals surface area contributed by atoms with Crippen molar-refractivity contribution < 1.29 is 9.21 Å². The van der Waals surface area contributed by atoms with Crippen molar-refractivity contribution in [3.05, 3.63) is 93.8 Å². The van der Waals surface area contributed by atoms with Crippen molar-refractivity contribution in [1.29, 1.82) is 0 Å². The van der Waals surface area contributed by atoms with Crippen LogP contribution < -0.4 is 10.9 Å². The first kappa shape index (κ1) is 22.2. The molecule has 0 bridgehead atoms. The highest BCUT2D eigenvalue weighted by atomic mass is 32.2. The fourth-order valence-corrected chi connectivity index (χ4v) is 5.54. The Morgan fingerprint density at radius 1 is 1.12 bits per heavy atom. The van der Waals surface area contributed by atoms with Crippen LogP contribution in [0.5, 0.6) is 0 Å². The smallest absolute Gasteiger partial charge is 0.268 e. The third-order valence-electron chi connectivity index (χ3n) is 5.37. The minimum atomic E-state index is -0.193. The highest BCUT2D eigenvalue weighted by Gasteiger charge is 2.20. The molecule has 0 aliphatic heterocycles. The topological polar surface area (TPSA) is 77.1 Å². The summed E-state index contributed by atoms with van der Waals surface area (Å²) in [5, 5.41) is 5.81. The predicted octanol–water partition coefficient (Wildman–Crippen LogP) is 6.05. The van der Waals surface area contributed by atoms with Crippen LogP contribution in [-0.4, -0.2) is 21.2 Å². The number of rotatable bonds is 6. The van der Waals surface area contributed by atoms with Crippen molar-refractivity contribution in [2.24, 2.45) is 0 Å². The highest BCUT2D eigenvalue weighted by molar-refractivity contribution is 7.99. The van der Waals surface area contributed by atoms with Crippen LogP contribution in [-0.2, 0) is 4.79 Å². The predicted molar refractivity (Wildman–Crippen MR) is 138 cm³/mol. The minimum Gasteiger partial charge on any atom is -0.464 e. The van der Waals surface area contributed by atoms with E-state index in [1.165, 1.54) is 23.1 Å². The molecule has 5 rings (SSSR count). The maximum Gasteiger partial charge on any atom is 0.268 e. The first-order valence-corrected chi connectivity index (χ1v) is 12.5. The number of para-hydroxylation sites is 1. The van der Waals surface area contributed by atoms with Crippen LogP contribution in [0.2, 0.25) is 0 Å². The zero-order valence-corrected chi connectivity index (χ0v) is 20.2. The summed E-state index contributed by atoms with van der Waals surface area (Å²) in [6, 6.07) is 18.9. The molecule has 0 spiro atoms. The Morgan fingerprint density at radius 2 is 1.94 bits per heavy atom. The number of nitrogens with one attached hydrogen (secondary N) is 1. The molecule has 0 saturated carbocycles. The second-order valence-corrected chi connectivity index (χ2v) is 9.63. The number of anilines is 1. The third-order valence-corrected chi connectivity index (χ3v) is 7.18. The number of furan rings is 1. The van der Waals surface area contributed by atoms with Gasteiger partial charge in [0.15, 0.2) is 5.16 Å². The Balaban J connectivity index is 1.51. The first-order chi connectivity index (χ1) is 16.5. The largest absolute Gasteiger partial charge is 0.464 e. The average molecular weight is 488 g/mol. The number of hydrogen-bond acceptors (Lipinski definition) is 6. The molecule has 0 fully saturated rings. The molecule has 1 N–H and O–H groups in total. The van der Waals surface area contributed by atoms with E-state index < -0.39 is 0 Å². The molecular formula is C26H21N3O3S2. The number of aryl methyl sites for hydroxylation is 2. The van der Waals surface area contributed by atoms with Gasteiger partial charge in [-0.3, -0.25) is 14.2 Å². The van der Waals surface area contributed by atoms with Crippen molar-refractivity contribution in [3.8, 4) is 17.0 Å². The fraction of sp³-hybridized carbons (Fsp3) is 0.115. The summed E-state index contributed by atoms with van der Waals surface area (Å²) in [6.45, 7) is 3.98. The Morgan fingerprint density at radius 3 is 2.68 bits per heavy atom. The van der Waals surface area contributed by atoms with Crippen molar-refractivity contribution in [2.45, 2.75) is 19.0 Å². The number of aromatic nitrogens is 2. The van der Waals surface area contributed by atoms with Crippen LogP contribution in [0.4, 0.5) is 5.69 Å². The van der Waals surface area contributed by atoms with Gasteiger partial charge in [0.05, 0.1) is 23.1 Å². The van der Waals surface area contributed by atoms with E-state index in [-0.39, 0.29) is 17.2 Å². The van der Waals surface area contributed by atoms with E-state index in [2.05, 4.69) is 5.32 Å². The number of benzene rings is 2. The molecule has 5 aromatic rings. The molecule has 0 saturated heterocycles. The van der Waals surface area contributed by atoms with E-state index in [1.54, 1.807) is 16.9 Å². The lowest BCUT2D eigenvalue weighted by molar-refractivity contribution is -0.113. The molecule has 3 aromatic heterocycles. The van der Waals surface area contributed by atoms with Crippen LogP contribution in [0.3, 0.4) is 0 Å². The monoisotopic (exact) mass is 487 g/mol. The van der Waals surface area contributed by atoms with E-state index in [1.807, 2.05) is 73.8 Å². The van der Waals surface area contributed by atoms with Gasteiger partial charge in [-0.15, -0.1) is 11.3 Å². The normalized spacial score (nSPS) is 11.1. The fourth-order valence-electron chi connectivity index (χ4n) is 3.76. The third kappa shape index (κ3) is 4.30. The van der Waals surface area contributed by atoms with Crippen molar-refractivity contribution >= 4 is 44.9 Å². The van der Waals surface area contributed by atoms with Crippen LogP contribution in [0.1, 0.15) is 11.1 Å². The lowest BCUT2D eigenvalue weighted by Crippen LogP contribution is -2.22. The number of thiophene rings is 1. The number of amides is 1. The quantitative estimate of drug-likeness (QED) is 0.233. The maximum atomic E-state index is 13.7. The zero-order chi connectivity index (χ0) is 23.7. The number of hydrogen-bond donors (Lipinski definition) is 1. The molecule has 8 heteroatoms. The van der Waals surface area contributed by atoms with Gasteiger partial charge in [-0.25, -0.2) is 4.98 Å². The Bertz CT molecular complexity index is 1540. The van der Waals surface area contributed by atoms with Gasteiger partial charge in [0, 0.05) is 16.6 Å². The summed E-state index contributed by atoms with van der Waals surface area (Å²) >= 11 is 2.62. The van der Waals surface area contributed by atoms with E-state index in [0.29, 0.717) is 26.8 Å². The van der Waals surface area contributed by atoms with Crippen LogP contribution in [0.25, 0.3) is 27.2 Å². The molecule has 34 heavy (non-hydrogen) atoms. The van der Waals surface area contributed by atoms with Crippen LogP contribution >= 0.6 is 23.1 Å². The van der Waals surface area contributed by atoms with Gasteiger partial charge in [0.25, 0.3) is 5.56 Å². The Hall–Kier alpha value is -3.62. The number of nitrogens with zero attached hydrogens (tertiary/aromatic N) is 2. The molecule has 170 valence electrons. The summed E-state index contributed by atoms with van der Waals surface area (Å²) in [6.07, 6.45) is 1.58. The number of carbonyl (C=O) groups is 1. The standard InChI is InChI=1S/C26H21N3O3S2/c1-16-10-11-20(17(2)13-16)27-22(30)15-34-26-28-24-23(19(14-33-24)21-9-6-12-32-21)25(31)29(26)18-7-4-3-5-8-18/h3-14H,15H2,1-2H3,(H,27,30). The van der Waals surface area contributed by atoms with Gasteiger partial charge in [0.2, 0.25) is 5.91 Å². The molecule has 6 nitrogen and oxygen atoms in total. The Kier molecular flexibility index (Phi) is 6.08. The SMILES string of the molecule is Cc1ccc(NC(=O)CSc2nc3scc(-c4ccco4)c3c(=O)n2-c2ccccc2)c(C)c1. The zero-order valence-electron chi connectivity index (χ0n) is 18.6. The van der Waals surface area contributed by atoms with Gasteiger partial charge in [0.1, 0.15) is 10.6 Å². The Labute approximate surface area is 204 Å². The van der Waals surface area contributed by atoms with Crippen molar-refractivity contribution in [1.82, 2.24) is 9.55 Å². The van der Waals surface area contributed by atoms with Gasteiger partial charge in [-0.1, -0.05) is 47.7 Å². The molecule has 0 aliphatic rings. The molecule has 0 unspecified atom stereocenters. The molecule has 2 aromatic carbocycles. The second-order valence-electron chi connectivity index (χ2n) is 7.83. The summed E-state index contributed by atoms with van der Waals surface area (Å²) in [5.41, 5.74) is 4.14. The highest BCUT2D eigenvalue weighted by Crippen LogP contribution is 2.33. The van der Waals surface area contributed by atoms with Gasteiger partial charge < -0.3 is 9.73 Å². The van der Waals surface area contributed by atoms with E-state index in [9.17, 15) is 9.59 Å². The molecule has 3 heterocycles. The van der Waals surface area contributed by atoms with Gasteiger partial charge in [-0.2, -0.15) is 0 Å². The maximum absolute atomic E-state index is 13.7. The molecule has 0 atom stereocenters. The molecule has 0 radical (unpaired) electrons. The van der Waals surface area contributed by atoms with Gasteiger partial charge in [-0.05, 0) is 49.7 Å². The first-order valence-electron chi connectivity index (χ1n) is 10.6. The van der Waals surface area contributed by atoms with Crippen molar-refractivity contribution in [2.75, 3.05) is 11.1 Å². The number of carbonyl (C=O) groups excluding carboxylic acids is 1. The average Bonchev–Trinajstić information content (AvgIpc) is 3.50. The van der Waals surface area contributed by atoms with E-state index in [0.717, 1.165) is 22.4 Å². The molecular weight excluding hydrogens is 466 g/mol. The summed E-state index contributed by atoms with van der Waals surface area (Å²) in [7, 11) is 0. The van der Waals surface area contributed by atoms with E-state index in [4.69, 9.17) is 9.40 Å². The lowest BCUT2D eigenvalue weighted by Gasteiger charge is -2.13. The number of thioether (sulfide) groups is 1. The molecule has 0 aliphatic carbocycles. The lowest BCUT2D eigenvalue weighted by atomic mass is 10.1. The van der Waals surface area contributed by atoms with E-state index >= 15 is 0 Å². The molecule has 1 amide bonds. The minimum absolute atomic E-state index is 0.120. The summed E-state index contributed by atoms with van der Waals surface area (Å²) in [5.74, 6) is 0.584. The second kappa shape index (κ2) is 9.32. The van der Waals surface area contributed by atoms with Gasteiger partial charge >= 0.3 is 0 Å². The summed E-state index contributed by atoms with van der Waals surface area (Å²) < 4.78 is 7.11. The number of fused-ring (bicyclic) bond motifs is 1. The van der Waals surface area contributed by atoms with Crippen LogP contribution in [0.15, 0.2) is 86.7 Å². The van der Waals surface area contributed by atoms with Crippen molar-refractivity contribution in [3.63, 3.8) is 0 Å². The van der Waals surface area contributed by atoms with Crippen LogP contribution in [0, 0.1) is 13.8 Å². The summed E-state index contributed by atoms with van der Waals surface area (Å²) in [4.78, 5) is 31.8.